The van der Waals surface area contributed by atoms with E-state index in [0.717, 1.165) is 43.7 Å². The summed E-state index contributed by atoms with van der Waals surface area (Å²) < 4.78 is 0. The molecule has 128 valence electrons. The first-order valence-corrected chi connectivity index (χ1v) is 8.49. The number of H-pyrrole nitrogens is 1. The Bertz CT molecular complexity index is 661. The molecule has 1 saturated heterocycles. The van der Waals surface area contributed by atoms with E-state index in [4.69, 9.17) is 0 Å². The molecular formula is C17H24N6O. The molecule has 3 rings (SSSR count). The van der Waals surface area contributed by atoms with Crippen LogP contribution in [0.1, 0.15) is 32.5 Å². The fourth-order valence-electron chi connectivity index (χ4n) is 2.97. The molecule has 7 nitrogen and oxygen atoms in total. The van der Waals surface area contributed by atoms with Crippen LogP contribution in [0.2, 0.25) is 0 Å². The second-order valence-electron chi connectivity index (χ2n) is 6.58. The monoisotopic (exact) mass is 328 g/mol. The van der Waals surface area contributed by atoms with Crippen LogP contribution in [0.15, 0.2) is 24.5 Å². The minimum Gasteiger partial charge on any atom is -0.336 e. The predicted octanol–water partition coefficient (Wildman–Crippen LogP) is 2.24. The van der Waals surface area contributed by atoms with Gasteiger partial charge in [-0.2, -0.15) is 5.10 Å². The van der Waals surface area contributed by atoms with E-state index in [1.807, 2.05) is 30.9 Å². The number of likely N-dealkylation sites (tertiary alicyclic amines) is 1. The summed E-state index contributed by atoms with van der Waals surface area (Å²) in [6.45, 7) is 5.56. The lowest BCUT2D eigenvalue weighted by Gasteiger charge is -2.32. The highest BCUT2D eigenvalue weighted by Gasteiger charge is 2.24. The summed E-state index contributed by atoms with van der Waals surface area (Å²) in [5.41, 5.74) is 0.965. The van der Waals surface area contributed by atoms with Crippen molar-refractivity contribution >= 4 is 6.03 Å². The molecule has 1 fully saturated rings. The molecule has 24 heavy (non-hydrogen) atoms. The van der Waals surface area contributed by atoms with Gasteiger partial charge in [-0.1, -0.05) is 0 Å². The van der Waals surface area contributed by atoms with Crippen LogP contribution in [0.25, 0.3) is 11.4 Å². The third kappa shape index (κ3) is 4.10. The Hall–Kier alpha value is -2.44. The number of nitrogens with zero attached hydrogens (tertiary/aromatic N) is 4. The summed E-state index contributed by atoms with van der Waals surface area (Å²) >= 11 is 0. The zero-order valence-corrected chi connectivity index (χ0v) is 14.2. The molecule has 1 aliphatic heterocycles. The van der Waals surface area contributed by atoms with Crippen molar-refractivity contribution in [3.05, 3.63) is 30.4 Å². The quantitative estimate of drug-likeness (QED) is 0.901. The number of piperidine rings is 1. The molecule has 0 saturated carbocycles. The van der Waals surface area contributed by atoms with Gasteiger partial charge in [0.15, 0.2) is 5.82 Å². The summed E-state index contributed by atoms with van der Waals surface area (Å²) in [5.74, 6) is 2.15. The van der Waals surface area contributed by atoms with Crippen LogP contribution in [-0.2, 0) is 6.42 Å². The van der Waals surface area contributed by atoms with Gasteiger partial charge >= 0.3 is 6.03 Å². The molecule has 0 spiro atoms. The largest absolute Gasteiger partial charge is 0.336 e. The molecule has 0 atom stereocenters. The molecule has 2 amide bonds. The second kappa shape index (κ2) is 7.42. The van der Waals surface area contributed by atoms with Gasteiger partial charge in [-0.25, -0.2) is 9.78 Å². The van der Waals surface area contributed by atoms with Gasteiger partial charge in [0.25, 0.3) is 0 Å². The molecule has 2 N–H and O–H groups in total. The van der Waals surface area contributed by atoms with Crippen molar-refractivity contribution in [2.45, 2.75) is 39.2 Å². The maximum Gasteiger partial charge on any atom is 0.317 e. The number of rotatable bonds is 4. The van der Waals surface area contributed by atoms with Crippen molar-refractivity contribution in [1.29, 1.82) is 0 Å². The van der Waals surface area contributed by atoms with E-state index in [0.29, 0.717) is 11.7 Å². The Labute approximate surface area is 141 Å². The standard InChI is InChI=1S/C17H24N6O/c1-12(2)19-17(24)23-9-5-13(6-10-23)11-15-20-16(22-21-15)14-3-7-18-8-4-14/h3-4,7-8,12-13H,5-6,9-11H2,1-2H3,(H,19,24)(H,20,21,22). The van der Waals surface area contributed by atoms with Crippen LogP contribution in [0.5, 0.6) is 0 Å². The predicted molar refractivity (Wildman–Crippen MR) is 91.3 cm³/mol. The molecule has 0 bridgehead atoms. The average Bonchev–Trinajstić information content (AvgIpc) is 3.04. The minimum absolute atomic E-state index is 0.0445. The van der Waals surface area contributed by atoms with Crippen molar-refractivity contribution in [3.8, 4) is 11.4 Å². The lowest BCUT2D eigenvalue weighted by molar-refractivity contribution is 0.168. The van der Waals surface area contributed by atoms with Gasteiger partial charge in [-0.05, 0) is 44.7 Å². The van der Waals surface area contributed by atoms with Crippen LogP contribution in [0.3, 0.4) is 0 Å². The molecule has 0 aliphatic carbocycles. The Morgan fingerprint density at radius 1 is 1.33 bits per heavy atom. The van der Waals surface area contributed by atoms with Crippen LogP contribution in [0, 0.1) is 5.92 Å². The molecular weight excluding hydrogens is 304 g/mol. The van der Waals surface area contributed by atoms with Gasteiger partial charge < -0.3 is 10.2 Å². The molecule has 2 aromatic heterocycles. The number of pyridine rings is 1. The van der Waals surface area contributed by atoms with Crippen molar-refractivity contribution in [1.82, 2.24) is 30.4 Å². The molecule has 3 heterocycles. The van der Waals surface area contributed by atoms with Crippen LogP contribution in [-0.4, -0.2) is 50.2 Å². The molecule has 0 unspecified atom stereocenters. The van der Waals surface area contributed by atoms with Crippen molar-refractivity contribution in [2.24, 2.45) is 5.92 Å². The van der Waals surface area contributed by atoms with Crippen molar-refractivity contribution < 1.29 is 4.79 Å². The summed E-state index contributed by atoms with van der Waals surface area (Å²) in [5, 5.41) is 10.3. The fourth-order valence-corrected chi connectivity index (χ4v) is 2.97. The van der Waals surface area contributed by atoms with Gasteiger partial charge in [-0.15, -0.1) is 0 Å². The van der Waals surface area contributed by atoms with E-state index in [1.54, 1.807) is 12.4 Å². The smallest absolute Gasteiger partial charge is 0.317 e. The summed E-state index contributed by atoms with van der Waals surface area (Å²) in [6.07, 6.45) is 6.35. The van der Waals surface area contributed by atoms with E-state index in [2.05, 4.69) is 25.5 Å². The molecule has 0 radical (unpaired) electrons. The zero-order valence-electron chi connectivity index (χ0n) is 14.2. The van der Waals surface area contributed by atoms with Gasteiger partial charge in [0.1, 0.15) is 5.82 Å². The Kier molecular flexibility index (Phi) is 5.08. The molecule has 0 aromatic carbocycles. The van der Waals surface area contributed by atoms with Gasteiger partial charge in [0.2, 0.25) is 0 Å². The van der Waals surface area contributed by atoms with Crippen LogP contribution < -0.4 is 5.32 Å². The maximum absolute atomic E-state index is 12.0. The third-order valence-corrected chi connectivity index (χ3v) is 4.27. The number of hydrogen-bond donors (Lipinski definition) is 2. The number of urea groups is 1. The Morgan fingerprint density at radius 2 is 2.04 bits per heavy atom. The first-order chi connectivity index (χ1) is 11.6. The van der Waals surface area contributed by atoms with Gasteiger partial charge in [0, 0.05) is 43.5 Å². The normalized spacial score (nSPS) is 15.7. The van der Waals surface area contributed by atoms with Crippen LogP contribution >= 0.6 is 0 Å². The lowest BCUT2D eigenvalue weighted by Crippen LogP contribution is -2.46. The Morgan fingerprint density at radius 3 is 2.71 bits per heavy atom. The van der Waals surface area contributed by atoms with E-state index < -0.39 is 0 Å². The number of hydrogen-bond acceptors (Lipinski definition) is 4. The maximum atomic E-state index is 12.0. The van der Waals surface area contributed by atoms with E-state index >= 15 is 0 Å². The minimum atomic E-state index is 0.0445. The molecule has 1 aliphatic rings. The number of carbonyl (C=O) groups is 1. The first-order valence-electron chi connectivity index (χ1n) is 8.49. The van der Waals surface area contributed by atoms with Crippen LogP contribution in [0.4, 0.5) is 4.79 Å². The van der Waals surface area contributed by atoms with Gasteiger partial charge in [0.05, 0.1) is 0 Å². The highest BCUT2D eigenvalue weighted by Crippen LogP contribution is 2.21. The number of amides is 2. The number of aromatic nitrogens is 4. The summed E-state index contributed by atoms with van der Waals surface area (Å²) in [7, 11) is 0. The lowest BCUT2D eigenvalue weighted by atomic mass is 9.93. The fraction of sp³-hybridized carbons (Fsp3) is 0.529. The average molecular weight is 328 g/mol. The Balaban J connectivity index is 1.52. The molecule has 2 aromatic rings. The highest BCUT2D eigenvalue weighted by molar-refractivity contribution is 5.74. The van der Waals surface area contributed by atoms with E-state index in [1.165, 1.54) is 0 Å². The van der Waals surface area contributed by atoms with E-state index in [-0.39, 0.29) is 12.1 Å². The van der Waals surface area contributed by atoms with Crippen molar-refractivity contribution in [3.63, 3.8) is 0 Å². The summed E-state index contributed by atoms with van der Waals surface area (Å²) in [6, 6.07) is 4.02. The number of nitrogens with one attached hydrogen (secondary N) is 2. The SMILES string of the molecule is CC(C)NC(=O)N1CCC(Cc2nc(-c3ccncc3)n[nH]2)CC1. The van der Waals surface area contributed by atoms with Crippen molar-refractivity contribution in [2.75, 3.05) is 13.1 Å². The topological polar surface area (TPSA) is 86.8 Å². The number of aromatic amines is 1. The second-order valence-corrected chi connectivity index (χ2v) is 6.58. The van der Waals surface area contributed by atoms with E-state index in [9.17, 15) is 4.79 Å². The summed E-state index contributed by atoms with van der Waals surface area (Å²) in [4.78, 5) is 22.5. The van der Waals surface area contributed by atoms with Gasteiger partial charge in [-0.3, -0.25) is 10.1 Å². The third-order valence-electron chi connectivity index (χ3n) is 4.27. The zero-order chi connectivity index (χ0) is 16.9. The molecule has 7 heteroatoms. The number of carbonyl (C=O) groups excluding carboxylic acids is 1. The highest BCUT2D eigenvalue weighted by atomic mass is 16.2. The first kappa shape index (κ1) is 16.4.